The van der Waals surface area contributed by atoms with Gasteiger partial charge in [0.1, 0.15) is 5.56 Å². The fraction of sp³-hybridized carbons (Fsp3) is 0.409. The van der Waals surface area contributed by atoms with Gasteiger partial charge in [0.05, 0.1) is 31.0 Å². The summed E-state index contributed by atoms with van der Waals surface area (Å²) in [6, 6.07) is 6.68. The number of hydrogen-bond acceptors (Lipinski definition) is 5. The highest BCUT2D eigenvalue weighted by Crippen LogP contribution is 2.31. The highest BCUT2D eigenvalue weighted by atomic mass is 19.4. The van der Waals surface area contributed by atoms with Crippen molar-refractivity contribution < 1.29 is 22.7 Å². The molecule has 3 aromatic rings. The molecule has 0 saturated carbocycles. The smallest absolute Gasteiger partial charge is 0.379 e. The highest BCUT2D eigenvalue weighted by molar-refractivity contribution is 5.99. The van der Waals surface area contributed by atoms with E-state index in [0.29, 0.717) is 43.1 Å². The summed E-state index contributed by atoms with van der Waals surface area (Å²) in [5, 5.41) is 7.17. The van der Waals surface area contributed by atoms with E-state index in [0.717, 1.165) is 23.5 Å². The van der Waals surface area contributed by atoms with Crippen LogP contribution in [0.4, 0.5) is 13.2 Å². The summed E-state index contributed by atoms with van der Waals surface area (Å²) < 4.78 is 45.9. The molecule has 1 fully saturated rings. The fourth-order valence-corrected chi connectivity index (χ4v) is 3.96. The minimum Gasteiger partial charge on any atom is -0.379 e. The summed E-state index contributed by atoms with van der Waals surface area (Å²) in [5.41, 5.74) is 2.46. The standard InChI is InChI=1S/C22H24F3N5O2/c1-14-11-15(2)30-20(28-14)18(12-27-30)21(31)26-13-19(29-7-9-32-10-8-29)16-3-5-17(6-4-16)22(23,24)25/h3-6,11-12,19H,7-10,13H2,1-2H3,(H,26,31). The molecule has 0 radical (unpaired) electrons. The SMILES string of the molecule is Cc1cc(C)n2ncc(C(=O)NCC(c3ccc(C(F)(F)F)cc3)N3CCOCC3)c2n1. The fourth-order valence-electron chi connectivity index (χ4n) is 3.96. The van der Waals surface area contributed by atoms with Crippen molar-refractivity contribution in [2.75, 3.05) is 32.8 Å². The number of nitrogens with zero attached hydrogens (tertiary/aromatic N) is 4. The lowest BCUT2D eigenvalue weighted by atomic mass is 10.0. The molecular formula is C22H24F3N5O2. The summed E-state index contributed by atoms with van der Waals surface area (Å²) in [4.78, 5) is 19.5. The number of alkyl halides is 3. The summed E-state index contributed by atoms with van der Waals surface area (Å²) in [6.07, 6.45) is -2.92. The molecule has 1 saturated heterocycles. The average molecular weight is 447 g/mol. The largest absolute Gasteiger partial charge is 0.416 e. The lowest BCUT2D eigenvalue weighted by Crippen LogP contribution is -2.43. The third-order valence-electron chi connectivity index (χ3n) is 5.59. The minimum atomic E-state index is -4.39. The molecule has 7 nitrogen and oxygen atoms in total. The maximum Gasteiger partial charge on any atom is 0.416 e. The van der Waals surface area contributed by atoms with Gasteiger partial charge in [0.25, 0.3) is 5.91 Å². The first-order valence-corrected chi connectivity index (χ1v) is 10.3. The van der Waals surface area contributed by atoms with E-state index >= 15 is 0 Å². The van der Waals surface area contributed by atoms with Crippen LogP contribution in [0.3, 0.4) is 0 Å². The zero-order chi connectivity index (χ0) is 22.9. The number of aromatic nitrogens is 3. The van der Waals surface area contributed by atoms with Crippen molar-refractivity contribution in [2.24, 2.45) is 0 Å². The number of hydrogen-bond donors (Lipinski definition) is 1. The van der Waals surface area contributed by atoms with Gasteiger partial charge >= 0.3 is 6.18 Å². The predicted molar refractivity (Wildman–Crippen MR) is 111 cm³/mol. The van der Waals surface area contributed by atoms with E-state index in [4.69, 9.17) is 4.74 Å². The zero-order valence-electron chi connectivity index (χ0n) is 17.8. The molecule has 170 valence electrons. The first-order chi connectivity index (χ1) is 15.2. The van der Waals surface area contributed by atoms with Gasteiger partial charge in [0, 0.05) is 31.0 Å². The Balaban J connectivity index is 1.56. The third-order valence-corrected chi connectivity index (χ3v) is 5.59. The first kappa shape index (κ1) is 22.2. The van der Waals surface area contributed by atoms with Crippen molar-refractivity contribution in [1.82, 2.24) is 24.8 Å². The molecule has 1 aromatic carbocycles. The number of aryl methyl sites for hydroxylation is 2. The van der Waals surface area contributed by atoms with E-state index in [-0.39, 0.29) is 18.5 Å². The number of nitrogens with one attached hydrogen (secondary N) is 1. The monoisotopic (exact) mass is 447 g/mol. The maximum absolute atomic E-state index is 13.0. The molecule has 1 aliphatic rings. The molecular weight excluding hydrogens is 423 g/mol. The van der Waals surface area contributed by atoms with Crippen LogP contribution in [0, 0.1) is 13.8 Å². The molecule has 1 atom stereocenters. The Kier molecular flexibility index (Phi) is 6.16. The first-order valence-electron chi connectivity index (χ1n) is 10.3. The van der Waals surface area contributed by atoms with Crippen molar-refractivity contribution in [3.05, 3.63) is 64.6 Å². The predicted octanol–water partition coefficient (Wildman–Crippen LogP) is 3.17. The van der Waals surface area contributed by atoms with Gasteiger partial charge in [-0.15, -0.1) is 0 Å². The number of ether oxygens (including phenoxy) is 1. The van der Waals surface area contributed by atoms with Crippen molar-refractivity contribution in [2.45, 2.75) is 26.1 Å². The zero-order valence-corrected chi connectivity index (χ0v) is 17.8. The lowest BCUT2D eigenvalue weighted by molar-refractivity contribution is -0.137. The number of morpholine rings is 1. The van der Waals surface area contributed by atoms with Gasteiger partial charge in [-0.3, -0.25) is 9.69 Å². The summed E-state index contributed by atoms with van der Waals surface area (Å²) >= 11 is 0. The summed E-state index contributed by atoms with van der Waals surface area (Å²) in [6.45, 7) is 6.27. The molecule has 32 heavy (non-hydrogen) atoms. The molecule has 3 heterocycles. The third kappa shape index (κ3) is 4.61. The van der Waals surface area contributed by atoms with Crippen molar-refractivity contribution in [3.8, 4) is 0 Å². The Bertz CT molecular complexity index is 1110. The maximum atomic E-state index is 13.0. The van der Waals surface area contributed by atoms with Gasteiger partial charge in [0.2, 0.25) is 0 Å². The van der Waals surface area contributed by atoms with Crippen LogP contribution in [0.1, 0.15) is 38.9 Å². The minimum absolute atomic E-state index is 0.229. The van der Waals surface area contributed by atoms with E-state index in [1.807, 2.05) is 19.9 Å². The van der Waals surface area contributed by atoms with Crippen LogP contribution in [0.2, 0.25) is 0 Å². The van der Waals surface area contributed by atoms with Crippen molar-refractivity contribution in [3.63, 3.8) is 0 Å². The van der Waals surface area contributed by atoms with Gasteiger partial charge in [-0.25, -0.2) is 9.50 Å². The van der Waals surface area contributed by atoms with Crippen LogP contribution in [-0.4, -0.2) is 58.3 Å². The quantitative estimate of drug-likeness (QED) is 0.651. The number of fused-ring (bicyclic) bond motifs is 1. The average Bonchev–Trinajstić information content (AvgIpc) is 3.18. The molecule has 10 heteroatoms. The number of benzene rings is 1. The molecule has 1 N–H and O–H groups in total. The Morgan fingerprint density at radius 2 is 1.88 bits per heavy atom. The number of halogens is 3. The molecule has 2 aromatic heterocycles. The lowest BCUT2D eigenvalue weighted by Gasteiger charge is -2.35. The van der Waals surface area contributed by atoms with Gasteiger partial charge < -0.3 is 10.1 Å². The van der Waals surface area contributed by atoms with Gasteiger partial charge in [-0.1, -0.05) is 12.1 Å². The normalized spacial score (nSPS) is 16.3. The van der Waals surface area contributed by atoms with Gasteiger partial charge in [-0.05, 0) is 37.6 Å². The summed E-state index contributed by atoms with van der Waals surface area (Å²) in [7, 11) is 0. The molecule has 1 aliphatic heterocycles. The molecule has 1 amide bonds. The van der Waals surface area contributed by atoms with Crippen LogP contribution < -0.4 is 5.32 Å². The van der Waals surface area contributed by atoms with E-state index in [9.17, 15) is 18.0 Å². The number of amides is 1. The molecule has 4 rings (SSSR count). The second kappa shape index (κ2) is 8.87. The van der Waals surface area contributed by atoms with E-state index in [1.54, 1.807) is 4.52 Å². The molecule has 0 spiro atoms. The van der Waals surface area contributed by atoms with Crippen LogP contribution in [0.15, 0.2) is 36.5 Å². The number of rotatable bonds is 5. The van der Waals surface area contributed by atoms with Crippen molar-refractivity contribution in [1.29, 1.82) is 0 Å². The van der Waals surface area contributed by atoms with E-state index in [1.165, 1.54) is 18.3 Å². The molecule has 0 bridgehead atoms. The second-order valence-electron chi connectivity index (χ2n) is 7.83. The van der Waals surface area contributed by atoms with Gasteiger partial charge in [0.15, 0.2) is 5.65 Å². The van der Waals surface area contributed by atoms with Crippen LogP contribution in [-0.2, 0) is 10.9 Å². The highest BCUT2D eigenvalue weighted by Gasteiger charge is 2.31. The molecule has 1 unspecified atom stereocenters. The summed E-state index contributed by atoms with van der Waals surface area (Å²) in [5.74, 6) is -0.331. The van der Waals surface area contributed by atoms with Crippen molar-refractivity contribution >= 4 is 11.6 Å². The topological polar surface area (TPSA) is 71.8 Å². The number of carbonyl (C=O) groups is 1. The number of carbonyl (C=O) groups excluding carboxylic acids is 1. The van der Waals surface area contributed by atoms with Crippen LogP contribution in [0.5, 0.6) is 0 Å². The Labute approximate surface area is 183 Å². The van der Waals surface area contributed by atoms with E-state index < -0.39 is 11.7 Å². The van der Waals surface area contributed by atoms with Gasteiger partial charge in [-0.2, -0.15) is 18.3 Å². The van der Waals surface area contributed by atoms with E-state index in [2.05, 4.69) is 20.3 Å². The Morgan fingerprint density at radius 1 is 1.19 bits per heavy atom. The Hall–Kier alpha value is -2.98. The Morgan fingerprint density at radius 3 is 2.53 bits per heavy atom. The van der Waals surface area contributed by atoms with Crippen LogP contribution >= 0.6 is 0 Å². The van der Waals surface area contributed by atoms with Crippen LogP contribution in [0.25, 0.3) is 5.65 Å². The molecule has 0 aliphatic carbocycles. The second-order valence-corrected chi connectivity index (χ2v) is 7.83.